The fourth-order valence-corrected chi connectivity index (χ4v) is 2.74. The van der Waals surface area contributed by atoms with Gasteiger partial charge in [0, 0.05) is 4.88 Å². The van der Waals surface area contributed by atoms with Crippen LogP contribution in [-0.4, -0.2) is 14.8 Å². The summed E-state index contributed by atoms with van der Waals surface area (Å²) in [6.07, 6.45) is 2.77. The van der Waals surface area contributed by atoms with Gasteiger partial charge < -0.3 is 4.57 Å². The van der Waals surface area contributed by atoms with Gasteiger partial charge in [-0.05, 0) is 17.9 Å². The summed E-state index contributed by atoms with van der Waals surface area (Å²) in [5.41, 5.74) is 0. The number of rotatable bonds is 4. The standard InChI is InChI=1S/C10H12ClN3S/c1-2-8(9-4-3-5-15-9)14-7-12-13-10(14)6-11/h3-5,7-8H,2,6H2,1H3. The Morgan fingerprint density at radius 1 is 1.60 bits per heavy atom. The van der Waals surface area contributed by atoms with Crippen molar-refractivity contribution >= 4 is 22.9 Å². The molecule has 0 aliphatic heterocycles. The zero-order valence-corrected chi connectivity index (χ0v) is 10.0. The van der Waals surface area contributed by atoms with Crippen LogP contribution in [0.5, 0.6) is 0 Å². The maximum Gasteiger partial charge on any atom is 0.148 e. The summed E-state index contributed by atoms with van der Waals surface area (Å²) in [7, 11) is 0. The molecule has 0 aromatic carbocycles. The Morgan fingerprint density at radius 2 is 2.47 bits per heavy atom. The van der Waals surface area contributed by atoms with Crippen molar-refractivity contribution in [2.24, 2.45) is 0 Å². The second-order valence-corrected chi connectivity index (χ2v) is 4.47. The predicted molar refractivity (Wildman–Crippen MR) is 62.3 cm³/mol. The van der Waals surface area contributed by atoms with Gasteiger partial charge in [-0.2, -0.15) is 0 Å². The van der Waals surface area contributed by atoms with Crippen molar-refractivity contribution in [3.63, 3.8) is 0 Å². The normalized spacial score (nSPS) is 12.9. The van der Waals surface area contributed by atoms with Gasteiger partial charge in [0.25, 0.3) is 0 Å². The molecule has 1 atom stereocenters. The van der Waals surface area contributed by atoms with Crippen molar-refractivity contribution in [2.45, 2.75) is 25.3 Å². The Morgan fingerprint density at radius 3 is 3.07 bits per heavy atom. The van der Waals surface area contributed by atoms with Crippen LogP contribution in [0.15, 0.2) is 23.8 Å². The van der Waals surface area contributed by atoms with Gasteiger partial charge in [-0.25, -0.2) is 0 Å². The monoisotopic (exact) mass is 241 g/mol. The summed E-state index contributed by atoms with van der Waals surface area (Å²) in [6.45, 7) is 2.16. The summed E-state index contributed by atoms with van der Waals surface area (Å²) >= 11 is 7.57. The topological polar surface area (TPSA) is 30.7 Å². The molecule has 5 heteroatoms. The Labute approximate surface area is 97.7 Å². The van der Waals surface area contributed by atoms with E-state index in [1.165, 1.54) is 4.88 Å². The van der Waals surface area contributed by atoms with Crippen LogP contribution in [0.1, 0.15) is 30.1 Å². The Hall–Kier alpha value is -0.870. The SMILES string of the molecule is CCC(c1cccs1)n1cnnc1CCl. The summed E-state index contributed by atoms with van der Waals surface area (Å²) in [5.74, 6) is 1.24. The van der Waals surface area contributed by atoms with E-state index in [0.717, 1.165) is 12.2 Å². The molecule has 0 saturated heterocycles. The molecule has 0 fully saturated rings. The molecule has 3 nitrogen and oxygen atoms in total. The summed E-state index contributed by atoms with van der Waals surface area (Å²) in [5, 5.41) is 9.99. The first-order chi connectivity index (χ1) is 7.36. The molecule has 80 valence electrons. The third-order valence-corrected chi connectivity index (χ3v) is 3.57. The fourth-order valence-electron chi connectivity index (χ4n) is 1.64. The number of alkyl halides is 1. The van der Waals surface area contributed by atoms with Crippen LogP contribution in [0.25, 0.3) is 0 Å². The number of hydrogen-bond acceptors (Lipinski definition) is 3. The molecule has 2 heterocycles. The number of aromatic nitrogens is 3. The lowest BCUT2D eigenvalue weighted by molar-refractivity contribution is 0.558. The van der Waals surface area contributed by atoms with Gasteiger partial charge >= 0.3 is 0 Å². The van der Waals surface area contributed by atoms with Crippen LogP contribution in [-0.2, 0) is 5.88 Å². The van der Waals surface area contributed by atoms with E-state index in [4.69, 9.17) is 11.6 Å². The van der Waals surface area contributed by atoms with E-state index in [9.17, 15) is 0 Å². The average molecular weight is 242 g/mol. The third kappa shape index (κ3) is 2.06. The van der Waals surface area contributed by atoms with Crippen molar-refractivity contribution < 1.29 is 0 Å². The van der Waals surface area contributed by atoms with Crippen molar-refractivity contribution in [1.29, 1.82) is 0 Å². The predicted octanol–water partition coefficient (Wildman–Crippen LogP) is 3.08. The highest BCUT2D eigenvalue weighted by Crippen LogP contribution is 2.26. The Balaban J connectivity index is 2.35. The van der Waals surface area contributed by atoms with Crippen molar-refractivity contribution in [2.75, 3.05) is 0 Å². The van der Waals surface area contributed by atoms with Gasteiger partial charge in [0.05, 0.1) is 11.9 Å². The first kappa shape index (κ1) is 10.6. The maximum atomic E-state index is 5.82. The van der Waals surface area contributed by atoms with Crippen molar-refractivity contribution in [1.82, 2.24) is 14.8 Å². The van der Waals surface area contributed by atoms with Gasteiger partial charge in [0.1, 0.15) is 12.2 Å². The minimum Gasteiger partial charge on any atom is -0.308 e. The van der Waals surface area contributed by atoms with Crippen LogP contribution in [0, 0.1) is 0 Å². The Bertz CT molecular complexity index is 410. The minimum absolute atomic E-state index is 0.314. The molecule has 0 bridgehead atoms. The molecule has 0 saturated carbocycles. The molecule has 0 radical (unpaired) electrons. The summed E-state index contributed by atoms with van der Waals surface area (Å²) in [6, 6.07) is 4.51. The third-order valence-electron chi connectivity index (χ3n) is 2.36. The number of hydrogen-bond donors (Lipinski definition) is 0. The quantitative estimate of drug-likeness (QED) is 0.771. The van der Waals surface area contributed by atoms with Gasteiger partial charge in [0.2, 0.25) is 0 Å². The highest BCUT2D eigenvalue weighted by molar-refractivity contribution is 7.10. The van der Waals surface area contributed by atoms with Gasteiger partial charge in [-0.3, -0.25) is 0 Å². The maximum absolute atomic E-state index is 5.82. The number of nitrogens with zero attached hydrogens (tertiary/aromatic N) is 3. The molecule has 0 aliphatic rings. The van der Waals surface area contributed by atoms with Crippen molar-refractivity contribution in [3.8, 4) is 0 Å². The lowest BCUT2D eigenvalue weighted by Crippen LogP contribution is -2.10. The first-order valence-corrected chi connectivity index (χ1v) is 6.26. The van der Waals surface area contributed by atoms with E-state index in [1.54, 1.807) is 17.7 Å². The van der Waals surface area contributed by atoms with Crippen LogP contribution >= 0.6 is 22.9 Å². The Kier molecular flexibility index (Phi) is 3.38. The van der Waals surface area contributed by atoms with E-state index in [-0.39, 0.29) is 0 Å². The van der Waals surface area contributed by atoms with Gasteiger partial charge in [-0.15, -0.1) is 33.1 Å². The molecule has 1 unspecified atom stereocenters. The smallest absolute Gasteiger partial charge is 0.148 e. The molecule has 15 heavy (non-hydrogen) atoms. The molecule has 0 N–H and O–H groups in total. The lowest BCUT2D eigenvalue weighted by atomic mass is 10.2. The summed E-state index contributed by atoms with van der Waals surface area (Å²) in [4.78, 5) is 1.32. The minimum atomic E-state index is 0.314. The van der Waals surface area contributed by atoms with Crippen LogP contribution in [0.4, 0.5) is 0 Å². The summed E-state index contributed by atoms with van der Waals surface area (Å²) < 4.78 is 2.05. The van der Waals surface area contributed by atoms with Crippen LogP contribution in [0.3, 0.4) is 0 Å². The average Bonchev–Trinajstić information content (AvgIpc) is 2.89. The highest BCUT2D eigenvalue weighted by atomic mass is 35.5. The first-order valence-electron chi connectivity index (χ1n) is 4.84. The largest absolute Gasteiger partial charge is 0.308 e. The second-order valence-electron chi connectivity index (χ2n) is 3.23. The zero-order valence-electron chi connectivity index (χ0n) is 8.43. The molecule has 0 spiro atoms. The molecule has 2 aromatic rings. The van der Waals surface area contributed by atoms with E-state index < -0.39 is 0 Å². The molecular formula is C10H12ClN3S. The molecule has 0 amide bonds. The lowest BCUT2D eigenvalue weighted by Gasteiger charge is -2.15. The molecular weight excluding hydrogens is 230 g/mol. The highest BCUT2D eigenvalue weighted by Gasteiger charge is 2.15. The van der Waals surface area contributed by atoms with E-state index >= 15 is 0 Å². The number of halogens is 1. The second kappa shape index (κ2) is 4.77. The number of thiophene rings is 1. The van der Waals surface area contributed by atoms with Crippen molar-refractivity contribution in [3.05, 3.63) is 34.5 Å². The fraction of sp³-hybridized carbons (Fsp3) is 0.400. The van der Waals surface area contributed by atoms with E-state index in [2.05, 4.69) is 39.2 Å². The van der Waals surface area contributed by atoms with Crippen LogP contribution < -0.4 is 0 Å². The molecule has 2 rings (SSSR count). The molecule has 2 aromatic heterocycles. The van der Waals surface area contributed by atoms with Gasteiger partial charge in [0.15, 0.2) is 0 Å². The zero-order chi connectivity index (χ0) is 10.7. The van der Waals surface area contributed by atoms with E-state index in [1.807, 2.05) is 0 Å². The molecule has 0 aliphatic carbocycles. The van der Waals surface area contributed by atoms with Crippen LogP contribution in [0.2, 0.25) is 0 Å². The van der Waals surface area contributed by atoms with E-state index in [0.29, 0.717) is 11.9 Å². The van der Waals surface area contributed by atoms with Gasteiger partial charge in [-0.1, -0.05) is 13.0 Å².